The van der Waals surface area contributed by atoms with Crippen molar-refractivity contribution in [2.75, 3.05) is 7.11 Å². The number of ether oxygens (including phenoxy) is 1. The molecule has 0 spiro atoms. The van der Waals surface area contributed by atoms with Crippen molar-refractivity contribution in [2.24, 2.45) is 0 Å². The molecule has 4 aromatic rings. The van der Waals surface area contributed by atoms with E-state index in [-0.39, 0.29) is 12.5 Å². The molecule has 0 aliphatic rings. The molecule has 0 aliphatic heterocycles. The van der Waals surface area contributed by atoms with Crippen LogP contribution in [-0.2, 0) is 6.54 Å². The molecule has 152 valence electrons. The first-order valence-electron chi connectivity index (χ1n) is 9.41. The van der Waals surface area contributed by atoms with Crippen LogP contribution in [0, 0.1) is 13.8 Å². The number of aryl methyl sites for hydroxylation is 1. The number of methoxy groups -OCH3 is 1. The van der Waals surface area contributed by atoms with Gasteiger partial charge in [0.05, 0.1) is 19.2 Å². The van der Waals surface area contributed by atoms with Gasteiger partial charge in [0.15, 0.2) is 0 Å². The molecule has 0 atom stereocenters. The number of rotatable bonds is 6. The van der Waals surface area contributed by atoms with Crippen LogP contribution in [0.1, 0.15) is 27.6 Å². The van der Waals surface area contributed by atoms with E-state index in [4.69, 9.17) is 9.26 Å². The van der Waals surface area contributed by atoms with Crippen LogP contribution in [0.2, 0.25) is 0 Å². The van der Waals surface area contributed by atoms with E-state index >= 15 is 0 Å². The zero-order valence-corrected chi connectivity index (χ0v) is 16.9. The van der Waals surface area contributed by atoms with E-state index in [9.17, 15) is 4.79 Å². The molecule has 0 saturated carbocycles. The van der Waals surface area contributed by atoms with Crippen LogP contribution >= 0.6 is 0 Å². The van der Waals surface area contributed by atoms with E-state index in [0.29, 0.717) is 17.3 Å². The first kappa shape index (κ1) is 19.4. The molecule has 0 saturated heterocycles. The second kappa shape index (κ2) is 8.20. The van der Waals surface area contributed by atoms with E-state index in [0.717, 1.165) is 28.4 Å². The fraction of sp³-hybridized carbons (Fsp3) is 0.182. The SMILES string of the molecule is COc1ccc(-n2c(C)cc(C(=O)NCc3nc(-c4ccncc4)no3)c2C)cc1. The molecule has 1 N–H and O–H groups in total. The quantitative estimate of drug-likeness (QED) is 0.530. The van der Waals surface area contributed by atoms with Crippen LogP contribution in [0.15, 0.2) is 59.4 Å². The molecule has 8 nitrogen and oxygen atoms in total. The fourth-order valence-corrected chi connectivity index (χ4v) is 3.32. The number of carbonyl (C=O) groups is 1. The third-order valence-electron chi connectivity index (χ3n) is 4.81. The summed E-state index contributed by atoms with van der Waals surface area (Å²) < 4.78 is 12.5. The number of nitrogens with zero attached hydrogens (tertiary/aromatic N) is 4. The number of aromatic nitrogens is 4. The summed E-state index contributed by atoms with van der Waals surface area (Å²) in [5, 5.41) is 6.80. The molecule has 4 rings (SSSR count). The summed E-state index contributed by atoms with van der Waals surface area (Å²) in [6.07, 6.45) is 3.32. The molecule has 0 radical (unpaired) electrons. The average molecular weight is 403 g/mol. The lowest BCUT2D eigenvalue weighted by Crippen LogP contribution is -2.23. The predicted octanol–water partition coefficient (Wildman–Crippen LogP) is 3.48. The van der Waals surface area contributed by atoms with Crippen molar-refractivity contribution in [1.29, 1.82) is 0 Å². The van der Waals surface area contributed by atoms with Crippen molar-refractivity contribution in [3.63, 3.8) is 0 Å². The maximum Gasteiger partial charge on any atom is 0.253 e. The topological polar surface area (TPSA) is 95.1 Å². The summed E-state index contributed by atoms with van der Waals surface area (Å²) in [7, 11) is 1.63. The van der Waals surface area contributed by atoms with Gasteiger partial charge in [-0.15, -0.1) is 0 Å². The predicted molar refractivity (Wildman–Crippen MR) is 110 cm³/mol. The number of nitrogens with one attached hydrogen (secondary N) is 1. The second-order valence-corrected chi connectivity index (χ2v) is 6.75. The highest BCUT2D eigenvalue weighted by Gasteiger charge is 2.18. The summed E-state index contributed by atoms with van der Waals surface area (Å²) in [5.74, 6) is 1.37. The van der Waals surface area contributed by atoms with E-state index < -0.39 is 0 Å². The maximum atomic E-state index is 12.8. The van der Waals surface area contributed by atoms with Crippen molar-refractivity contribution in [3.8, 4) is 22.8 Å². The Morgan fingerprint density at radius 2 is 1.87 bits per heavy atom. The third kappa shape index (κ3) is 3.80. The lowest BCUT2D eigenvalue weighted by Gasteiger charge is -2.10. The third-order valence-corrected chi connectivity index (χ3v) is 4.81. The maximum absolute atomic E-state index is 12.8. The summed E-state index contributed by atoms with van der Waals surface area (Å²) >= 11 is 0. The standard InChI is InChI=1S/C22H21N5O3/c1-14-12-19(15(2)27(14)17-4-6-18(29-3)7-5-17)22(28)24-13-20-25-21(26-30-20)16-8-10-23-11-9-16/h4-12H,13H2,1-3H3,(H,24,28). The minimum atomic E-state index is -0.202. The van der Waals surface area contributed by atoms with E-state index in [1.807, 2.05) is 48.7 Å². The van der Waals surface area contributed by atoms with Gasteiger partial charge in [-0.3, -0.25) is 9.78 Å². The molecule has 3 heterocycles. The van der Waals surface area contributed by atoms with Gasteiger partial charge >= 0.3 is 0 Å². The van der Waals surface area contributed by atoms with Crippen LogP contribution in [0.3, 0.4) is 0 Å². The van der Waals surface area contributed by atoms with Crippen molar-refractivity contribution < 1.29 is 14.1 Å². The average Bonchev–Trinajstić information content (AvgIpc) is 3.37. The van der Waals surface area contributed by atoms with Gasteiger partial charge in [-0.2, -0.15) is 4.98 Å². The first-order valence-corrected chi connectivity index (χ1v) is 9.41. The largest absolute Gasteiger partial charge is 0.497 e. The molecular formula is C22H21N5O3. The Bertz CT molecular complexity index is 1160. The monoisotopic (exact) mass is 403 g/mol. The molecule has 3 aromatic heterocycles. The number of carbonyl (C=O) groups excluding carboxylic acids is 1. The summed E-state index contributed by atoms with van der Waals surface area (Å²) in [6.45, 7) is 4.02. The van der Waals surface area contributed by atoms with Crippen molar-refractivity contribution >= 4 is 5.91 Å². The highest BCUT2D eigenvalue weighted by atomic mass is 16.5. The van der Waals surface area contributed by atoms with Gasteiger partial charge in [0.2, 0.25) is 11.7 Å². The Morgan fingerprint density at radius 3 is 2.57 bits per heavy atom. The Morgan fingerprint density at radius 1 is 1.13 bits per heavy atom. The molecule has 8 heteroatoms. The molecule has 30 heavy (non-hydrogen) atoms. The van der Waals surface area contributed by atoms with Gasteiger partial charge in [0.25, 0.3) is 5.91 Å². The van der Waals surface area contributed by atoms with Crippen molar-refractivity contribution in [3.05, 3.63) is 77.7 Å². The number of amides is 1. The minimum absolute atomic E-state index is 0.142. The number of pyridine rings is 1. The lowest BCUT2D eigenvalue weighted by molar-refractivity contribution is 0.0945. The zero-order valence-electron chi connectivity index (χ0n) is 16.9. The summed E-state index contributed by atoms with van der Waals surface area (Å²) in [4.78, 5) is 21.1. The number of hydrogen-bond acceptors (Lipinski definition) is 6. The van der Waals surface area contributed by atoms with Crippen LogP contribution < -0.4 is 10.1 Å². The fourth-order valence-electron chi connectivity index (χ4n) is 3.32. The first-order chi connectivity index (χ1) is 14.6. The van der Waals surface area contributed by atoms with Crippen LogP contribution in [0.4, 0.5) is 0 Å². The molecule has 0 bridgehead atoms. The van der Waals surface area contributed by atoms with Crippen LogP contribution in [0.5, 0.6) is 5.75 Å². The highest BCUT2D eigenvalue weighted by molar-refractivity contribution is 5.95. The smallest absolute Gasteiger partial charge is 0.253 e. The molecule has 0 aliphatic carbocycles. The number of hydrogen-bond donors (Lipinski definition) is 1. The zero-order chi connectivity index (χ0) is 21.1. The van der Waals surface area contributed by atoms with E-state index in [2.05, 4.69) is 20.4 Å². The van der Waals surface area contributed by atoms with Gasteiger partial charge in [0.1, 0.15) is 5.75 Å². The Labute approximate surface area is 173 Å². The lowest BCUT2D eigenvalue weighted by atomic mass is 10.2. The second-order valence-electron chi connectivity index (χ2n) is 6.75. The Kier molecular flexibility index (Phi) is 5.30. The van der Waals surface area contributed by atoms with E-state index in [1.165, 1.54) is 0 Å². The van der Waals surface area contributed by atoms with Gasteiger partial charge in [0, 0.05) is 35.0 Å². The Hall–Kier alpha value is -3.94. The van der Waals surface area contributed by atoms with Gasteiger partial charge in [-0.25, -0.2) is 0 Å². The number of benzene rings is 1. The summed E-state index contributed by atoms with van der Waals surface area (Å²) in [6, 6.07) is 13.2. The summed E-state index contributed by atoms with van der Waals surface area (Å²) in [5.41, 5.74) is 4.16. The highest BCUT2D eigenvalue weighted by Crippen LogP contribution is 2.23. The van der Waals surface area contributed by atoms with E-state index in [1.54, 1.807) is 31.6 Å². The van der Waals surface area contributed by atoms with Gasteiger partial charge < -0.3 is 19.1 Å². The van der Waals surface area contributed by atoms with Gasteiger partial charge in [-0.05, 0) is 56.3 Å². The van der Waals surface area contributed by atoms with Crippen LogP contribution in [-0.4, -0.2) is 32.7 Å². The van der Waals surface area contributed by atoms with Crippen molar-refractivity contribution in [2.45, 2.75) is 20.4 Å². The molecular weight excluding hydrogens is 382 g/mol. The van der Waals surface area contributed by atoms with Crippen LogP contribution in [0.25, 0.3) is 17.1 Å². The molecule has 1 aromatic carbocycles. The Balaban J connectivity index is 1.48. The van der Waals surface area contributed by atoms with Gasteiger partial charge in [-0.1, -0.05) is 5.16 Å². The van der Waals surface area contributed by atoms with Crippen molar-refractivity contribution in [1.82, 2.24) is 25.0 Å². The molecule has 1 amide bonds. The molecule has 0 unspecified atom stereocenters. The molecule has 0 fully saturated rings. The minimum Gasteiger partial charge on any atom is -0.497 e. The normalized spacial score (nSPS) is 10.8.